The largest absolute Gasteiger partial charge is 0.321 e. The second-order valence-corrected chi connectivity index (χ2v) is 6.98. The van der Waals surface area contributed by atoms with Crippen molar-refractivity contribution in [1.29, 1.82) is 0 Å². The van der Waals surface area contributed by atoms with Gasteiger partial charge in [-0.15, -0.1) is 16.4 Å². The lowest BCUT2D eigenvalue weighted by Crippen LogP contribution is -2.14. The molecule has 4 aromatic rings. The number of benzene rings is 2. The maximum Gasteiger partial charge on any atom is 0.278 e. The molecule has 0 unspecified atom stereocenters. The van der Waals surface area contributed by atoms with Gasteiger partial charge in [0.15, 0.2) is 5.69 Å². The van der Waals surface area contributed by atoms with Crippen molar-refractivity contribution < 1.29 is 9.72 Å². The van der Waals surface area contributed by atoms with E-state index >= 15 is 0 Å². The normalized spacial score (nSPS) is 10.7. The van der Waals surface area contributed by atoms with E-state index in [1.165, 1.54) is 28.2 Å². The van der Waals surface area contributed by atoms with Crippen molar-refractivity contribution in [3.8, 4) is 16.3 Å². The molecule has 0 saturated heterocycles. The summed E-state index contributed by atoms with van der Waals surface area (Å²) in [5.74, 6) is -0.416. The van der Waals surface area contributed by atoms with Crippen molar-refractivity contribution in [1.82, 2.24) is 20.0 Å². The second kappa shape index (κ2) is 7.60. The van der Waals surface area contributed by atoms with Gasteiger partial charge in [0.1, 0.15) is 5.01 Å². The van der Waals surface area contributed by atoms with Crippen LogP contribution in [-0.2, 0) is 0 Å². The zero-order valence-electron chi connectivity index (χ0n) is 15.1. The van der Waals surface area contributed by atoms with E-state index in [1.54, 1.807) is 37.4 Å². The molecule has 10 heteroatoms. The molecule has 0 fully saturated rings. The monoisotopic (exact) mass is 406 g/mol. The number of nitrogens with one attached hydrogen (secondary N) is 1. The molecule has 2 aromatic carbocycles. The lowest BCUT2D eigenvalue weighted by molar-refractivity contribution is -0.384. The summed E-state index contributed by atoms with van der Waals surface area (Å²) in [5.41, 5.74) is 2.58. The van der Waals surface area contributed by atoms with Gasteiger partial charge in [-0.3, -0.25) is 14.9 Å². The molecule has 0 atom stereocenters. The van der Waals surface area contributed by atoms with E-state index in [2.05, 4.69) is 20.6 Å². The van der Waals surface area contributed by atoms with Crippen LogP contribution in [0.5, 0.6) is 0 Å². The van der Waals surface area contributed by atoms with Gasteiger partial charge in [0.05, 0.1) is 16.3 Å². The minimum atomic E-state index is -0.487. The minimum Gasteiger partial charge on any atom is -0.321 e. The summed E-state index contributed by atoms with van der Waals surface area (Å²) in [6.45, 7) is 1.68. The van der Waals surface area contributed by atoms with Crippen molar-refractivity contribution in [3.63, 3.8) is 0 Å². The number of aromatic nitrogens is 4. The number of hydrogen-bond donors (Lipinski definition) is 1. The molecule has 0 saturated carbocycles. The van der Waals surface area contributed by atoms with E-state index in [0.29, 0.717) is 17.1 Å². The number of nitro groups is 1. The van der Waals surface area contributed by atoms with E-state index in [4.69, 9.17) is 0 Å². The Hall–Kier alpha value is -3.92. The van der Waals surface area contributed by atoms with Crippen LogP contribution in [-0.4, -0.2) is 30.8 Å². The van der Waals surface area contributed by atoms with Gasteiger partial charge in [0.25, 0.3) is 11.6 Å². The van der Waals surface area contributed by atoms with Gasteiger partial charge >= 0.3 is 0 Å². The van der Waals surface area contributed by atoms with Gasteiger partial charge < -0.3 is 5.32 Å². The van der Waals surface area contributed by atoms with Gasteiger partial charge in [-0.1, -0.05) is 11.3 Å². The van der Waals surface area contributed by atoms with Crippen LogP contribution in [0.25, 0.3) is 16.3 Å². The van der Waals surface area contributed by atoms with Crippen molar-refractivity contribution in [2.45, 2.75) is 6.92 Å². The first-order chi connectivity index (χ1) is 14.0. The third-order valence-electron chi connectivity index (χ3n) is 4.22. The number of anilines is 1. The van der Waals surface area contributed by atoms with Crippen molar-refractivity contribution in [2.24, 2.45) is 0 Å². The van der Waals surface area contributed by atoms with Crippen molar-refractivity contribution >= 4 is 28.6 Å². The summed E-state index contributed by atoms with van der Waals surface area (Å²) in [5, 5.41) is 24.5. The number of nitro benzene ring substituents is 1. The topological polar surface area (TPSA) is 116 Å². The highest BCUT2D eigenvalue weighted by Gasteiger charge is 2.18. The number of thiazole rings is 1. The summed E-state index contributed by atoms with van der Waals surface area (Å²) in [7, 11) is 0. The summed E-state index contributed by atoms with van der Waals surface area (Å²) in [6, 6.07) is 13.3. The molecule has 2 aromatic heterocycles. The summed E-state index contributed by atoms with van der Waals surface area (Å²) in [4.78, 5) is 27.4. The fourth-order valence-corrected chi connectivity index (χ4v) is 3.42. The van der Waals surface area contributed by atoms with Crippen LogP contribution in [0.15, 0.2) is 60.1 Å². The molecule has 0 bridgehead atoms. The van der Waals surface area contributed by atoms with E-state index < -0.39 is 10.8 Å². The van der Waals surface area contributed by atoms with Gasteiger partial charge in [0.2, 0.25) is 0 Å². The van der Waals surface area contributed by atoms with Crippen LogP contribution in [0.2, 0.25) is 0 Å². The van der Waals surface area contributed by atoms with Crippen LogP contribution in [0.4, 0.5) is 11.4 Å². The van der Waals surface area contributed by atoms with Crippen molar-refractivity contribution in [3.05, 3.63) is 81.6 Å². The molecule has 0 aliphatic carbocycles. The van der Waals surface area contributed by atoms with Gasteiger partial charge in [-0.2, -0.15) is 0 Å². The Kier molecular flexibility index (Phi) is 4.83. The molecule has 0 radical (unpaired) electrons. The molecule has 0 aliphatic heterocycles. The first-order valence-corrected chi connectivity index (χ1v) is 9.39. The fourth-order valence-electron chi connectivity index (χ4n) is 2.77. The smallest absolute Gasteiger partial charge is 0.278 e. The average molecular weight is 406 g/mol. The predicted molar refractivity (Wildman–Crippen MR) is 108 cm³/mol. The molecule has 1 amide bonds. The number of carbonyl (C=O) groups is 1. The van der Waals surface area contributed by atoms with Gasteiger partial charge in [-0.25, -0.2) is 9.67 Å². The molecule has 144 valence electrons. The quantitative estimate of drug-likeness (QED) is 0.397. The average Bonchev–Trinajstić information content (AvgIpc) is 3.38. The Morgan fingerprint density at radius 2 is 2.00 bits per heavy atom. The summed E-state index contributed by atoms with van der Waals surface area (Å²) in [6.07, 6.45) is 1.74. The fraction of sp³-hybridized carbons (Fsp3) is 0.0526. The summed E-state index contributed by atoms with van der Waals surface area (Å²) < 4.78 is 1.40. The number of rotatable bonds is 5. The molecule has 29 heavy (non-hydrogen) atoms. The number of hydrogen-bond acceptors (Lipinski definition) is 7. The molecule has 0 spiro atoms. The third-order valence-corrected chi connectivity index (χ3v) is 5.04. The maximum absolute atomic E-state index is 12.6. The SMILES string of the molecule is Cc1c(C(=O)Nc2ccc(-c3nccs3)cc2)nnn1-c1cccc([N+](=O)[O-])c1. The van der Waals surface area contributed by atoms with Gasteiger partial charge in [0, 0.05) is 35.0 Å². The lowest BCUT2D eigenvalue weighted by atomic mass is 10.2. The van der Waals surface area contributed by atoms with E-state index in [0.717, 1.165) is 10.6 Å². The van der Waals surface area contributed by atoms with Crippen LogP contribution in [0, 0.1) is 17.0 Å². The number of amides is 1. The first kappa shape index (κ1) is 18.4. The highest BCUT2D eigenvalue weighted by molar-refractivity contribution is 7.13. The Balaban J connectivity index is 1.54. The van der Waals surface area contributed by atoms with Crippen LogP contribution in [0.1, 0.15) is 16.2 Å². The standard InChI is InChI=1S/C19H14N6O3S/c1-12-17(22-23-24(12)15-3-2-4-16(11-15)25(27)28)18(26)21-14-7-5-13(6-8-14)19-20-9-10-29-19/h2-11H,1H3,(H,21,26). The zero-order chi connectivity index (χ0) is 20.4. The number of non-ortho nitro benzene ring substituents is 1. The molecular weight excluding hydrogens is 392 g/mol. The second-order valence-electron chi connectivity index (χ2n) is 6.08. The summed E-state index contributed by atoms with van der Waals surface area (Å²) >= 11 is 1.54. The van der Waals surface area contributed by atoms with Crippen LogP contribution in [0.3, 0.4) is 0 Å². The molecule has 1 N–H and O–H groups in total. The minimum absolute atomic E-state index is 0.0660. The predicted octanol–water partition coefficient (Wildman–Crippen LogP) is 3.86. The zero-order valence-corrected chi connectivity index (χ0v) is 16.0. The first-order valence-electron chi connectivity index (χ1n) is 8.51. The van der Waals surface area contributed by atoms with Crippen molar-refractivity contribution in [2.75, 3.05) is 5.32 Å². The van der Waals surface area contributed by atoms with E-state index in [9.17, 15) is 14.9 Å². The molecule has 0 aliphatic rings. The Morgan fingerprint density at radius 1 is 1.21 bits per heavy atom. The lowest BCUT2D eigenvalue weighted by Gasteiger charge is -2.06. The van der Waals surface area contributed by atoms with Crippen LogP contribution >= 0.6 is 11.3 Å². The third kappa shape index (κ3) is 3.73. The highest BCUT2D eigenvalue weighted by Crippen LogP contribution is 2.24. The van der Waals surface area contributed by atoms with Crippen LogP contribution < -0.4 is 5.32 Å². The van der Waals surface area contributed by atoms with Gasteiger partial charge in [-0.05, 0) is 37.3 Å². The Morgan fingerprint density at radius 3 is 2.69 bits per heavy atom. The van der Waals surface area contributed by atoms with E-state index in [1.807, 2.05) is 17.5 Å². The van der Waals surface area contributed by atoms with E-state index in [-0.39, 0.29) is 11.4 Å². The Labute approximate surface area is 168 Å². The molecule has 2 heterocycles. The molecule has 9 nitrogen and oxygen atoms in total. The maximum atomic E-state index is 12.6. The molecular formula is C19H14N6O3S. The number of carbonyl (C=O) groups excluding carboxylic acids is 1. The molecule has 4 rings (SSSR count). The Bertz CT molecular complexity index is 1190. The number of nitrogens with zero attached hydrogens (tertiary/aromatic N) is 5. The highest BCUT2D eigenvalue weighted by atomic mass is 32.1.